The van der Waals surface area contributed by atoms with Gasteiger partial charge in [-0.15, -0.1) is 0 Å². The molecule has 0 aliphatic rings. The molecule has 15 heavy (non-hydrogen) atoms. The van der Waals surface area contributed by atoms with Gasteiger partial charge in [-0.3, -0.25) is 0 Å². The Morgan fingerprint density at radius 1 is 0.733 bits per heavy atom. The van der Waals surface area contributed by atoms with Gasteiger partial charge in [-0.1, -0.05) is 35.3 Å². The SMILES string of the molecule is Clc1ccc2c(c1)[nH]c1cc(Cl)ccc12. The molecule has 3 aromatic rings. The number of halogens is 2. The first kappa shape index (κ1) is 9.08. The molecule has 1 aromatic heterocycles. The van der Waals surface area contributed by atoms with Crippen molar-refractivity contribution in [3.63, 3.8) is 0 Å². The Morgan fingerprint density at radius 3 is 1.67 bits per heavy atom. The van der Waals surface area contributed by atoms with E-state index in [4.69, 9.17) is 23.2 Å². The van der Waals surface area contributed by atoms with E-state index in [1.54, 1.807) is 0 Å². The lowest BCUT2D eigenvalue weighted by Crippen LogP contribution is -1.66. The zero-order valence-corrected chi connectivity index (χ0v) is 9.23. The quantitative estimate of drug-likeness (QED) is 0.585. The second-order valence-electron chi connectivity index (χ2n) is 3.50. The van der Waals surface area contributed by atoms with Gasteiger partial charge in [-0.2, -0.15) is 0 Å². The van der Waals surface area contributed by atoms with E-state index >= 15 is 0 Å². The summed E-state index contributed by atoms with van der Waals surface area (Å²) in [6.07, 6.45) is 0. The average Bonchev–Trinajstić information content (AvgIpc) is 2.53. The van der Waals surface area contributed by atoms with Crippen LogP contribution >= 0.6 is 23.2 Å². The zero-order chi connectivity index (χ0) is 10.4. The second-order valence-corrected chi connectivity index (χ2v) is 4.38. The number of benzene rings is 2. The lowest BCUT2D eigenvalue weighted by molar-refractivity contribution is 1.55. The minimum Gasteiger partial charge on any atom is -0.354 e. The van der Waals surface area contributed by atoms with Crippen LogP contribution in [0.15, 0.2) is 36.4 Å². The molecule has 0 bridgehead atoms. The van der Waals surface area contributed by atoms with Gasteiger partial charge in [0, 0.05) is 31.9 Å². The number of rotatable bonds is 0. The highest BCUT2D eigenvalue weighted by atomic mass is 35.5. The molecular weight excluding hydrogens is 229 g/mol. The lowest BCUT2D eigenvalue weighted by atomic mass is 10.1. The normalized spacial score (nSPS) is 11.3. The minimum absolute atomic E-state index is 0.736. The summed E-state index contributed by atoms with van der Waals surface area (Å²) in [6.45, 7) is 0. The summed E-state index contributed by atoms with van der Waals surface area (Å²) >= 11 is 11.9. The highest BCUT2D eigenvalue weighted by Gasteiger charge is 2.04. The Labute approximate surface area is 96.6 Å². The smallest absolute Gasteiger partial charge is 0.0479 e. The second kappa shape index (κ2) is 3.16. The van der Waals surface area contributed by atoms with Crippen molar-refractivity contribution in [3.05, 3.63) is 46.4 Å². The van der Waals surface area contributed by atoms with Crippen molar-refractivity contribution in [2.45, 2.75) is 0 Å². The maximum Gasteiger partial charge on any atom is 0.0479 e. The molecule has 0 radical (unpaired) electrons. The molecule has 0 aliphatic carbocycles. The van der Waals surface area contributed by atoms with Gasteiger partial charge in [0.25, 0.3) is 0 Å². The molecule has 0 amide bonds. The van der Waals surface area contributed by atoms with Crippen LogP contribution in [0.25, 0.3) is 21.8 Å². The molecule has 74 valence electrons. The number of nitrogens with one attached hydrogen (secondary N) is 1. The van der Waals surface area contributed by atoms with Crippen LogP contribution in [0, 0.1) is 0 Å². The summed E-state index contributed by atoms with van der Waals surface area (Å²) in [6, 6.07) is 11.7. The van der Waals surface area contributed by atoms with Gasteiger partial charge in [0.05, 0.1) is 0 Å². The van der Waals surface area contributed by atoms with E-state index in [-0.39, 0.29) is 0 Å². The van der Waals surface area contributed by atoms with Crippen LogP contribution in [0.1, 0.15) is 0 Å². The van der Waals surface area contributed by atoms with Gasteiger partial charge in [-0.05, 0) is 24.3 Å². The summed E-state index contributed by atoms with van der Waals surface area (Å²) in [5.74, 6) is 0. The Hall–Kier alpha value is -1.18. The molecule has 1 nitrogen and oxygen atoms in total. The van der Waals surface area contributed by atoms with Crippen LogP contribution in [0.2, 0.25) is 10.0 Å². The highest BCUT2D eigenvalue weighted by molar-refractivity contribution is 6.32. The maximum atomic E-state index is 5.93. The maximum absolute atomic E-state index is 5.93. The molecule has 0 saturated carbocycles. The van der Waals surface area contributed by atoms with E-state index in [1.165, 1.54) is 10.8 Å². The summed E-state index contributed by atoms with van der Waals surface area (Å²) in [5.41, 5.74) is 2.08. The van der Waals surface area contributed by atoms with Crippen LogP contribution in [-0.2, 0) is 0 Å². The van der Waals surface area contributed by atoms with Crippen molar-refractivity contribution in [2.24, 2.45) is 0 Å². The van der Waals surface area contributed by atoms with Crippen LogP contribution in [0.5, 0.6) is 0 Å². The van der Waals surface area contributed by atoms with Gasteiger partial charge in [0.1, 0.15) is 0 Å². The van der Waals surface area contributed by atoms with Crippen molar-refractivity contribution in [1.82, 2.24) is 4.98 Å². The third kappa shape index (κ3) is 1.39. The number of hydrogen-bond donors (Lipinski definition) is 1. The molecular formula is C12H7Cl2N. The molecule has 0 saturated heterocycles. The summed E-state index contributed by atoms with van der Waals surface area (Å²) < 4.78 is 0. The predicted octanol–water partition coefficient (Wildman–Crippen LogP) is 4.63. The van der Waals surface area contributed by atoms with Crippen molar-refractivity contribution in [1.29, 1.82) is 0 Å². The van der Waals surface area contributed by atoms with Gasteiger partial charge in [0.2, 0.25) is 0 Å². The average molecular weight is 236 g/mol. The predicted molar refractivity (Wildman–Crippen MR) is 65.8 cm³/mol. The molecule has 0 atom stereocenters. The Bertz CT molecular complexity index is 599. The third-order valence-electron chi connectivity index (χ3n) is 2.52. The van der Waals surface area contributed by atoms with Crippen molar-refractivity contribution >= 4 is 45.0 Å². The number of hydrogen-bond acceptors (Lipinski definition) is 0. The van der Waals surface area contributed by atoms with E-state index in [9.17, 15) is 0 Å². The Balaban J connectivity index is 2.51. The summed E-state index contributed by atoms with van der Waals surface area (Å²) in [4.78, 5) is 3.29. The number of aromatic nitrogens is 1. The summed E-state index contributed by atoms with van der Waals surface area (Å²) in [5, 5.41) is 3.82. The van der Waals surface area contributed by atoms with E-state index in [0.29, 0.717) is 0 Å². The fourth-order valence-corrected chi connectivity index (χ4v) is 2.20. The number of aromatic amines is 1. The zero-order valence-electron chi connectivity index (χ0n) is 7.72. The third-order valence-corrected chi connectivity index (χ3v) is 2.99. The van der Waals surface area contributed by atoms with Crippen LogP contribution in [0.4, 0.5) is 0 Å². The molecule has 1 heterocycles. The fraction of sp³-hybridized carbons (Fsp3) is 0. The van der Waals surface area contributed by atoms with Gasteiger partial charge >= 0.3 is 0 Å². The molecule has 3 rings (SSSR count). The molecule has 1 N–H and O–H groups in total. The van der Waals surface area contributed by atoms with E-state index in [1.807, 2.05) is 36.4 Å². The van der Waals surface area contributed by atoms with Gasteiger partial charge in [-0.25, -0.2) is 0 Å². The van der Waals surface area contributed by atoms with Crippen molar-refractivity contribution in [2.75, 3.05) is 0 Å². The van der Waals surface area contributed by atoms with E-state index in [2.05, 4.69) is 4.98 Å². The number of H-pyrrole nitrogens is 1. The number of fused-ring (bicyclic) bond motifs is 3. The van der Waals surface area contributed by atoms with Crippen molar-refractivity contribution < 1.29 is 0 Å². The molecule has 0 fully saturated rings. The molecule has 2 aromatic carbocycles. The topological polar surface area (TPSA) is 15.8 Å². The first-order chi connectivity index (χ1) is 7.24. The molecule has 0 aliphatic heterocycles. The molecule has 0 spiro atoms. The van der Waals surface area contributed by atoms with Crippen LogP contribution in [0.3, 0.4) is 0 Å². The fourth-order valence-electron chi connectivity index (χ4n) is 1.85. The van der Waals surface area contributed by atoms with Crippen LogP contribution in [-0.4, -0.2) is 4.98 Å². The standard InChI is InChI=1S/C12H7Cl2N/c13-7-1-3-9-10-4-2-8(14)6-12(10)15-11(9)5-7/h1-6,15H. The van der Waals surface area contributed by atoms with Crippen LogP contribution < -0.4 is 0 Å². The van der Waals surface area contributed by atoms with Crippen molar-refractivity contribution in [3.8, 4) is 0 Å². The highest BCUT2D eigenvalue weighted by Crippen LogP contribution is 2.28. The van der Waals surface area contributed by atoms with Gasteiger partial charge in [0.15, 0.2) is 0 Å². The Kier molecular flexibility index (Phi) is 1.91. The largest absolute Gasteiger partial charge is 0.354 e. The van der Waals surface area contributed by atoms with E-state index < -0.39 is 0 Å². The first-order valence-electron chi connectivity index (χ1n) is 4.60. The summed E-state index contributed by atoms with van der Waals surface area (Å²) in [7, 11) is 0. The first-order valence-corrected chi connectivity index (χ1v) is 5.36. The molecule has 0 unspecified atom stereocenters. The van der Waals surface area contributed by atoms with E-state index in [0.717, 1.165) is 21.1 Å². The minimum atomic E-state index is 0.736. The monoisotopic (exact) mass is 235 g/mol. The Morgan fingerprint density at radius 2 is 1.20 bits per heavy atom. The van der Waals surface area contributed by atoms with Gasteiger partial charge < -0.3 is 4.98 Å². The lowest BCUT2D eigenvalue weighted by Gasteiger charge is -1.91. The molecule has 3 heteroatoms.